The van der Waals surface area contributed by atoms with Gasteiger partial charge in [-0.3, -0.25) is 23.4 Å². The van der Waals surface area contributed by atoms with Crippen LogP contribution in [-0.2, 0) is 42.2 Å². The third-order valence-corrected chi connectivity index (χ3v) is 13.8. The lowest BCUT2D eigenvalue weighted by Gasteiger charge is -2.21. The number of unbranched alkanes of at least 4 members (excludes halogenated alkanes) is 20. The summed E-state index contributed by atoms with van der Waals surface area (Å²) in [6, 6.07) is 0. The van der Waals surface area contributed by atoms with Gasteiger partial charge in [0.25, 0.3) is 0 Å². The van der Waals surface area contributed by atoms with Crippen molar-refractivity contribution < 1.29 is 52.2 Å². The molecule has 0 spiro atoms. The number of ether oxygens (including phenoxy) is 3. The van der Waals surface area contributed by atoms with E-state index in [9.17, 15) is 28.9 Å². The number of allylic oxidation sites excluding steroid dienone is 20. The number of carbonyl (C=O) groups excluding carboxylic acids is 3. The summed E-state index contributed by atoms with van der Waals surface area (Å²) in [5.74, 6) is -1.52. The highest BCUT2D eigenvalue weighted by Crippen LogP contribution is 2.43. The van der Waals surface area contributed by atoms with Crippen LogP contribution in [0.1, 0.15) is 252 Å². The molecular formula is C68H113O11P. The quantitative estimate of drug-likeness (QED) is 0.0197. The van der Waals surface area contributed by atoms with Crippen molar-refractivity contribution in [3.8, 4) is 0 Å². The Balaban J connectivity index is 4.79. The molecule has 0 aliphatic rings. The molecule has 0 bridgehead atoms. The Morgan fingerprint density at radius 3 is 1.00 bits per heavy atom. The zero-order chi connectivity index (χ0) is 58.3. The highest BCUT2D eigenvalue weighted by atomic mass is 31.2. The first-order valence-corrected chi connectivity index (χ1v) is 32.9. The van der Waals surface area contributed by atoms with Crippen LogP contribution in [0.25, 0.3) is 0 Å². The van der Waals surface area contributed by atoms with Crippen molar-refractivity contribution >= 4 is 25.7 Å². The zero-order valence-corrected chi connectivity index (χ0v) is 51.4. The third-order valence-electron chi connectivity index (χ3n) is 12.8. The summed E-state index contributed by atoms with van der Waals surface area (Å²) in [5, 5.41) is 9.85. The topological polar surface area (TPSA) is 155 Å². The number of rotatable bonds is 57. The van der Waals surface area contributed by atoms with Crippen molar-refractivity contribution in [2.24, 2.45) is 0 Å². The number of esters is 3. The van der Waals surface area contributed by atoms with Crippen molar-refractivity contribution in [1.29, 1.82) is 0 Å². The summed E-state index contributed by atoms with van der Waals surface area (Å²) < 4.78 is 39.6. The normalized spacial score (nSPS) is 14.1. The molecule has 2 N–H and O–H groups in total. The van der Waals surface area contributed by atoms with Crippen LogP contribution in [0, 0.1) is 0 Å². The molecule has 3 unspecified atom stereocenters. The van der Waals surface area contributed by atoms with Crippen LogP contribution >= 0.6 is 7.82 Å². The maximum absolute atomic E-state index is 13.0. The molecule has 0 aliphatic heterocycles. The Bertz CT molecular complexity index is 1800. The minimum absolute atomic E-state index is 0.139. The molecule has 0 fully saturated rings. The van der Waals surface area contributed by atoms with Crippen molar-refractivity contribution in [2.45, 2.75) is 264 Å². The van der Waals surface area contributed by atoms with E-state index in [1.807, 2.05) is 0 Å². The predicted molar refractivity (Wildman–Crippen MR) is 334 cm³/mol. The third kappa shape index (κ3) is 58.5. The van der Waals surface area contributed by atoms with E-state index in [2.05, 4.69) is 142 Å². The SMILES string of the molecule is CC/C=C\C/C=C\C/C=C\C/C=C\CCCCCCCCC(=O)OC(COC(=O)CCCCCC/C=C\C/C=C\C/C=C\C/C=C\CC)COP(=O)(O)OCC(CO)OC(=O)CCCCCCCCC/C=C\C/C=C\CCCCC. The van der Waals surface area contributed by atoms with Crippen LogP contribution < -0.4 is 0 Å². The molecule has 0 rings (SSSR count). The van der Waals surface area contributed by atoms with Gasteiger partial charge in [-0.05, 0) is 128 Å². The molecule has 0 aromatic heterocycles. The fourth-order valence-electron chi connectivity index (χ4n) is 8.13. The number of phosphoric ester groups is 1. The largest absolute Gasteiger partial charge is 0.472 e. The number of hydrogen-bond donors (Lipinski definition) is 2. The van der Waals surface area contributed by atoms with Gasteiger partial charge in [0.2, 0.25) is 0 Å². The molecule has 12 heteroatoms. The standard InChI is InChI=1S/C68H113O11P/c1-4-7-10-13-16-19-22-25-28-31-32-35-38-41-44-47-50-53-56-59-68(72)79-65(61-75-66(70)57-54-51-48-45-42-39-36-33-29-26-23-20-17-14-11-8-5-2)63-77-80(73,74)76-62-64(60-69)78-67(71)58-55-52-49-46-43-40-37-34-30-27-24-21-18-15-12-9-6-3/h7-8,10-11,16-21,25-30,32,35-36,39,64-65,69H,4-6,9,12-15,22-24,31,33-34,37-38,40-63H2,1-3H3,(H,73,74)/b10-7-,11-8-,19-16-,20-17-,21-18-,28-25-,29-26-,30-27-,35-32-,39-36-. The molecule has 456 valence electrons. The Labute approximate surface area is 487 Å². The van der Waals surface area contributed by atoms with Gasteiger partial charge in [0.1, 0.15) is 12.7 Å². The van der Waals surface area contributed by atoms with Gasteiger partial charge >= 0.3 is 25.7 Å². The number of phosphoric acid groups is 1. The summed E-state index contributed by atoms with van der Waals surface area (Å²) in [6.45, 7) is 4.35. The van der Waals surface area contributed by atoms with Gasteiger partial charge < -0.3 is 24.2 Å². The van der Waals surface area contributed by atoms with Crippen molar-refractivity contribution in [1.82, 2.24) is 0 Å². The van der Waals surface area contributed by atoms with E-state index in [0.717, 1.165) is 154 Å². The van der Waals surface area contributed by atoms with Gasteiger partial charge in [-0.25, -0.2) is 4.57 Å². The minimum atomic E-state index is -4.77. The van der Waals surface area contributed by atoms with Crippen LogP contribution in [0.5, 0.6) is 0 Å². The average molecular weight is 1140 g/mol. The van der Waals surface area contributed by atoms with Gasteiger partial charge in [0, 0.05) is 19.3 Å². The second-order valence-electron chi connectivity index (χ2n) is 20.5. The summed E-state index contributed by atoms with van der Waals surface area (Å²) in [4.78, 5) is 48.7. The second kappa shape index (κ2) is 61.0. The van der Waals surface area contributed by atoms with Crippen molar-refractivity contribution in [3.05, 3.63) is 122 Å². The molecule has 0 saturated heterocycles. The predicted octanol–water partition coefficient (Wildman–Crippen LogP) is 19.1. The highest BCUT2D eigenvalue weighted by Gasteiger charge is 2.28. The van der Waals surface area contributed by atoms with E-state index in [1.54, 1.807) is 0 Å². The first kappa shape index (κ1) is 75.9. The molecule has 3 atom stereocenters. The fraction of sp³-hybridized carbons (Fsp3) is 0.662. The molecule has 0 aromatic rings. The van der Waals surface area contributed by atoms with Gasteiger partial charge in [0.05, 0.1) is 19.8 Å². The van der Waals surface area contributed by atoms with Crippen LogP contribution in [0.2, 0.25) is 0 Å². The molecular weight excluding hydrogens is 1020 g/mol. The number of aliphatic hydroxyl groups excluding tert-OH is 1. The smallest absolute Gasteiger partial charge is 0.462 e. The van der Waals surface area contributed by atoms with E-state index in [4.69, 9.17) is 23.3 Å². The van der Waals surface area contributed by atoms with Crippen molar-refractivity contribution in [3.63, 3.8) is 0 Å². The lowest BCUT2D eigenvalue weighted by Crippen LogP contribution is -2.30. The summed E-state index contributed by atoms with van der Waals surface area (Å²) >= 11 is 0. The molecule has 11 nitrogen and oxygen atoms in total. The maximum atomic E-state index is 13.0. The number of hydrogen-bond acceptors (Lipinski definition) is 10. The molecule has 0 saturated carbocycles. The number of carbonyl (C=O) groups is 3. The maximum Gasteiger partial charge on any atom is 0.472 e. The monoisotopic (exact) mass is 1140 g/mol. The van der Waals surface area contributed by atoms with Crippen LogP contribution in [0.15, 0.2) is 122 Å². The Morgan fingerprint density at radius 2 is 0.650 bits per heavy atom. The Hall–Kier alpha value is -4.12. The molecule has 80 heavy (non-hydrogen) atoms. The molecule has 0 heterocycles. The first-order valence-electron chi connectivity index (χ1n) is 31.4. The van der Waals surface area contributed by atoms with E-state index >= 15 is 0 Å². The average Bonchev–Trinajstić information content (AvgIpc) is 3.45. The second-order valence-corrected chi connectivity index (χ2v) is 21.9. The molecule has 0 aromatic carbocycles. The minimum Gasteiger partial charge on any atom is -0.462 e. The van der Waals surface area contributed by atoms with Crippen LogP contribution in [0.4, 0.5) is 0 Å². The molecule has 0 aliphatic carbocycles. The summed E-state index contributed by atoms with van der Waals surface area (Å²) in [7, 11) is -4.77. The number of aliphatic hydroxyl groups is 1. The van der Waals surface area contributed by atoms with Gasteiger partial charge in [-0.15, -0.1) is 0 Å². The Morgan fingerprint density at radius 1 is 0.362 bits per heavy atom. The van der Waals surface area contributed by atoms with E-state index in [0.29, 0.717) is 19.3 Å². The molecule has 0 radical (unpaired) electrons. The lowest BCUT2D eigenvalue weighted by molar-refractivity contribution is -0.161. The lowest BCUT2D eigenvalue weighted by atomic mass is 10.1. The van der Waals surface area contributed by atoms with Gasteiger partial charge in [0.15, 0.2) is 6.10 Å². The van der Waals surface area contributed by atoms with Gasteiger partial charge in [-0.1, -0.05) is 226 Å². The van der Waals surface area contributed by atoms with Crippen molar-refractivity contribution in [2.75, 3.05) is 26.4 Å². The zero-order valence-electron chi connectivity index (χ0n) is 50.5. The van der Waals surface area contributed by atoms with E-state index < -0.39 is 57.8 Å². The van der Waals surface area contributed by atoms with E-state index in [-0.39, 0.29) is 25.9 Å². The van der Waals surface area contributed by atoms with Gasteiger partial charge in [-0.2, -0.15) is 0 Å². The molecule has 0 amide bonds. The van der Waals surface area contributed by atoms with Crippen LogP contribution in [-0.4, -0.2) is 66.5 Å². The Kier molecular flexibility index (Phi) is 57.8. The summed E-state index contributed by atoms with van der Waals surface area (Å²) in [6.07, 6.45) is 75.7. The highest BCUT2D eigenvalue weighted by molar-refractivity contribution is 7.47. The van der Waals surface area contributed by atoms with Crippen LogP contribution in [0.3, 0.4) is 0 Å². The summed E-state index contributed by atoms with van der Waals surface area (Å²) in [5.41, 5.74) is 0. The fourth-order valence-corrected chi connectivity index (χ4v) is 8.92. The first-order chi connectivity index (χ1) is 39.2. The van der Waals surface area contributed by atoms with E-state index in [1.165, 1.54) is 38.5 Å².